The van der Waals surface area contributed by atoms with Gasteiger partial charge in [-0.15, -0.1) is 0 Å². The predicted octanol–water partition coefficient (Wildman–Crippen LogP) is 2.45. The summed E-state index contributed by atoms with van der Waals surface area (Å²) < 4.78 is 26.8. The second-order valence-electron chi connectivity index (χ2n) is 3.69. The Kier molecular flexibility index (Phi) is 4.23. The van der Waals surface area contributed by atoms with Crippen LogP contribution in [-0.4, -0.2) is 14.9 Å². The lowest BCUT2D eigenvalue weighted by Crippen LogP contribution is -2.13. The number of rotatable bonds is 4. The molecule has 2 aromatic rings. The molecule has 110 valence electrons. The van der Waals surface area contributed by atoms with Gasteiger partial charge in [-0.2, -0.15) is 0 Å². The molecule has 0 saturated carbocycles. The van der Waals surface area contributed by atoms with E-state index in [9.17, 15) is 18.9 Å². The molecule has 0 atom stereocenters. The number of hydrazine groups is 1. The highest BCUT2D eigenvalue weighted by Crippen LogP contribution is 2.32. The fraction of sp³-hybridized carbons (Fsp3) is 0. The Bertz CT molecular complexity index is 714. The highest BCUT2D eigenvalue weighted by Gasteiger charge is 2.23. The molecule has 1 aromatic carbocycles. The maximum absolute atomic E-state index is 13.7. The Morgan fingerprint density at radius 3 is 2.52 bits per heavy atom. The van der Waals surface area contributed by atoms with Gasteiger partial charge in [0.2, 0.25) is 11.6 Å². The van der Waals surface area contributed by atoms with Crippen molar-refractivity contribution in [1.29, 1.82) is 0 Å². The number of hydrogen-bond acceptors (Lipinski definition) is 7. The van der Waals surface area contributed by atoms with Crippen LogP contribution < -0.4 is 16.6 Å². The van der Waals surface area contributed by atoms with E-state index in [1.54, 1.807) is 0 Å². The Hall–Kier alpha value is -2.40. The number of nitrogens with zero attached hydrogens (tertiary/aromatic N) is 3. The second kappa shape index (κ2) is 5.93. The Morgan fingerprint density at radius 2 is 1.90 bits per heavy atom. The average molecular weight is 361 g/mol. The van der Waals surface area contributed by atoms with E-state index in [1.165, 1.54) is 0 Å². The van der Waals surface area contributed by atoms with E-state index < -0.39 is 22.2 Å². The third kappa shape index (κ3) is 3.03. The highest BCUT2D eigenvalue weighted by atomic mass is 79.9. The summed E-state index contributed by atoms with van der Waals surface area (Å²) in [6.07, 6.45) is 1.00. The van der Waals surface area contributed by atoms with E-state index in [1.807, 2.05) is 5.43 Å². The number of aromatic nitrogens is 2. The van der Waals surface area contributed by atoms with Gasteiger partial charge in [0.15, 0.2) is 0 Å². The normalized spacial score (nSPS) is 10.3. The molecule has 4 N–H and O–H groups in total. The molecule has 0 bridgehead atoms. The molecule has 0 saturated heterocycles. The first kappa shape index (κ1) is 15.0. The van der Waals surface area contributed by atoms with Gasteiger partial charge in [-0.05, 0) is 22.0 Å². The summed E-state index contributed by atoms with van der Waals surface area (Å²) in [5.41, 5.74) is 1.27. The summed E-state index contributed by atoms with van der Waals surface area (Å²) in [5.74, 6) is 2.83. The van der Waals surface area contributed by atoms with Crippen molar-refractivity contribution < 1.29 is 13.7 Å². The zero-order chi connectivity index (χ0) is 15.6. The minimum atomic E-state index is -0.939. The van der Waals surface area contributed by atoms with Crippen LogP contribution in [0.5, 0.6) is 0 Å². The summed E-state index contributed by atoms with van der Waals surface area (Å²) in [5, 5.41) is 13.4. The lowest BCUT2D eigenvalue weighted by atomic mass is 10.3. The SMILES string of the molecule is NNc1ncnc(Nc2cc(Br)c(F)cc2F)c1[N+](=O)[O-]. The van der Waals surface area contributed by atoms with Gasteiger partial charge in [0.1, 0.15) is 18.0 Å². The van der Waals surface area contributed by atoms with Crippen LogP contribution in [0.4, 0.5) is 31.8 Å². The molecular weight excluding hydrogens is 354 g/mol. The monoisotopic (exact) mass is 360 g/mol. The van der Waals surface area contributed by atoms with Crippen molar-refractivity contribution in [1.82, 2.24) is 9.97 Å². The quantitative estimate of drug-likeness (QED) is 0.331. The van der Waals surface area contributed by atoms with Gasteiger partial charge in [-0.3, -0.25) is 10.1 Å². The minimum Gasteiger partial charge on any atom is -0.332 e. The van der Waals surface area contributed by atoms with Crippen LogP contribution in [0.3, 0.4) is 0 Å². The molecule has 0 aliphatic rings. The Balaban J connectivity index is 2.49. The summed E-state index contributed by atoms with van der Waals surface area (Å²) in [6.45, 7) is 0. The van der Waals surface area contributed by atoms with Crippen molar-refractivity contribution in [2.45, 2.75) is 0 Å². The topological polar surface area (TPSA) is 119 Å². The smallest absolute Gasteiger partial charge is 0.332 e. The molecule has 21 heavy (non-hydrogen) atoms. The second-order valence-corrected chi connectivity index (χ2v) is 4.55. The number of nitrogen functional groups attached to an aromatic ring is 1. The lowest BCUT2D eigenvalue weighted by molar-refractivity contribution is -0.383. The maximum atomic E-state index is 13.7. The largest absolute Gasteiger partial charge is 0.354 e. The molecule has 0 unspecified atom stereocenters. The molecule has 2 rings (SSSR count). The van der Waals surface area contributed by atoms with Gasteiger partial charge in [-0.1, -0.05) is 0 Å². The van der Waals surface area contributed by atoms with Crippen LogP contribution in [0.1, 0.15) is 0 Å². The summed E-state index contributed by atoms with van der Waals surface area (Å²) in [4.78, 5) is 17.5. The molecule has 1 heterocycles. The highest BCUT2D eigenvalue weighted by molar-refractivity contribution is 9.10. The molecule has 1 aromatic heterocycles. The molecule has 0 aliphatic heterocycles. The van der Waals surface area contributed by atoms with Gasteiger partial charge in [0.25, 0.3) is 0 Å². The number of hydrogen-bond donors (Lipinski definition) is 3. The van der Waals surface area contributed by atoms with Gasteiger partial charge in [-0.25, -0.2) is 24.6 Å². The summed E-state index contributed by atoms with van der Waals surface area (Å²) >= 11 is 2.89. The van der Waals surface area contributed by atoms with E-state index in [0.717, 1.165) is 12.4 Å². The van der Waals surface area contributed by atoms with E-state index in [2.05, 4.69) is 31.2 Å². The Labute approximate surface area is 124 Å². The van der Waals surface area contributed by atoms with Gasteiger partial charge in [0, 0.05) is 6.07 Å². The van der Waals surface area contributed by atoms with Gasteiger partial charge < -0.3 is 10.7 Å². The number of nitro groups is 1. The molecular formula is C10H7BrF2N6O2. The number of anilines is 3. The van der Waals surface area contributed by atoms with Crippen LogP contribution in [0.25, 0.3) is 0 Å². The zero-order valence-electron chi connectivity index (χ0n) is 10.1. The number of nitrogens with one attached hydrogen (secondary N) is 2. The maximum Gasteiger partial charge on any atom is 0.354 e. The third-order valence-corrected chi connectivity index (χ3v) is 3.01. The molecule has 11 heteroatoms. The van der Waals surface area contributed by atoms with Gasteiger partial charge >= 0.3 is 5.69 Å². The standard InChI is InChI=1S/C10H7BrF2N6O2/c11-4-1-7(6(13)2-5(4)12)17-9-8(19(20)21)10(18-14)16-3-15-9/h1-3H,14H2,(H2,15,16,17,18). The van der Waals surface area contributed by atoms with Gasteiger partial charge in [0.05, 0.1) is 15.1 Å². The van der Waals surface area contributed by atoms with Crippen molar-refractivity contribution in [2.75, 3.05) is 10.7 Å². The van der Waals surface area contributed by atoms with Crippen molar-refractivity contribution in [2.24, 2.45) is 5.84 Å². The third-order valence-electron chi connectivity index (χ3n) is 2.40. The first-order chi connectivity index (χ1) is 9.93. The number of halogens is 3. The molecule has 0 aliphatic carbocycles. The van der Waals surface area contributed by atoms with Crippen molar-refractivity contribution >= 4 is 38.9 Å². The van der Waals surface area contributed by atoms with E-state index in [0.29, 0.717) is 6.07 Å². The average Bonchev–Trinajstić information content (AvgIpc) is 2.44. The first-order valence-electron chi connectivity index (χ1n) is 5.31. The number of nitrogens with two attached hydrogens (primary N) is 1. The number of benzene rings is 1. The van der Waals surface area contributed by atoms with Crippen LogP contribution in [-0.2, 0) is 0 Å². The predicted molar refractivity (Wildman–Crippen MR) is 73.8 cm³/mol. The van der Waals surface area contributed by atoms with Crippen molar-refractivity contribution in [3.05, 3.63) is 44.7 Å². The molecule has 0 fully saturated rings. The fourth-order valence-corrected chi connectivity index (χ4v) is 1.84. The van der Waals surface area contributed by atoms with Crippen LogP contribution in [0.15, 0.2) is 22.9 Å². The summed E-state index contributed by atoms with van der Waals surface area (Å²) in [6, 6.07) is 1.72. The van der Waals surface area contributed by atoms with Crippen LogP contribution in [0.2, 0.25) is 0 Å². The summed E-state index contributed by atoms with van der Waals surface area (Å²) in [7, 11) is 0. The first-order valence-corrected chi connectivity index (χ1v) is 6.11. The molecule has 0 radical (unpaired) electrons. The van der Waals surface area contributed by atoms with Crippen LogP contribution >= 0.6 is 15.9 Å². The zero-order valence-corrected chi connectivity index (χ0v) is 11.7. The molecule has 8 nitrogen and oxygen atoms in total. The molecule has 0 spiro atoms. The minimum absolute atomic E-state index is 0.0136. The Morgan fingerprint density at radius 1 is 1.24 bits per heavy atom. The lowest BCUT2D eigenvalue weighted by Gasteiger charge is -2.09. The van der Waals surface area contributed by atoms with E-state index in [4.69, 9.17) is 5.84 Å². The van der Waals surface area contributed by atoms with E-state index >= 15 is 0 Å². The molecule has 0 amide bonds. The van der Waals surface area contributed by atoms with Crippen molar-refractivity contribution in [3.8, 4) is 0 Å². The van der Waals surface area contributed by atoms with Crippen molar-refractivity contribution in [3.63, 3.8) is 0 Å². The van der Waals surface area contributed by atoms with E-state index in [-0.39, 0.29) is 21.8 Å². The fourth-order valence-electron chi connectivity index (χ4n) is 1.49. The van der Waals surface area contributed by atoms with Crippen LogP contribution in [0, 0.1) is 21.7 Å².